The summed E-state index contributed by atoms with van der Waals surface area (Å²) in [6, 6.07) is 5.01. The minimum absolute atomic E-state index is 0.0389. The molecule has 1 rings (SSSR count). The van der Waals surface area contributed by atoms with Crippen LogP contribution in [0.5, 0.6) is 5.75 Å². The van der Waals surface area contributed by atoms with E-state index in [1.54, 1.807) is 25.3 Å². The highest BCUT2D eigenvalue weighted by Gasteiger charge is 2.07. The summed E-state index contributed by atoms with van der Waals surface area (Å²) in [6.45, 7) is 2.24. The normalized spacial score (nSPS) is 10.4. The number of ether oxygens (including phenoxy) is 3. The number of halogens is 1. The van der Waals surface area contributed by atoms with Crippen molar-refractivity contribution in [2.45, 2.75) is 6.42 Å². The van der Waals surface area contributed by atoms with Gasteiger partial charge in [0.15, 0.2) is 0 Å². The van der Waals surface area contributed by atoms with Crippen molar-refractivity contribution in [3.8, 4) is 5.75 Å². The zero-order valence-electron chi connectivity index (χ0n) is 10.9. The van der Waals surface area contributed by atoms with E-state index < -0.39 is 0 Å². The zero-order chi connectivity index (χ0) is 14.1. The van der Waals surface area contributed by atoms with Gasteiger partial charge in [-0.2, -0.15) is 0 Å². The Morgan fingerprint density at radius 3 is 2.74 bits per heavy atom. The van der Waals surface area contributed by atoms with Crippen molar-refractivity contribution in [2.24, 2.45) is 5.73 Å². The Hall–Kier alpha value is -1.30. The highest BCUT2D eigenvalue weighted by atomic mass is 35.5. The van der Waals surface area contributed by atoms with Gasteiger partial charge in [-0.1, -0.05) is 11.6 Å². The molecule has 0 aliphatic heterocycles. The molecule has 0 saturated carbocycles. The Kier molecular flexibility index (Phi) is 7.25. The van der Waals surface area contributed by atoms with Crippen molar-refractivity contribution in [2.75, 3.05) is 33.5 Å². The van der Waals surface area contributed by atoms with Crippen molar-refractivity contribution in [1.82, 2.24) is 0 Å². The number of nitrogen functional groups attached to an aromatic ring is 1. The van der Waals surface area contributed by atoms with Crippen LogP contribution in [-0.2, 0) is 9.47 Å². The summed E-state index contributed by atoms with van der Waals surface area (Å²) in [5, 5.41) is 8.01. The molecule has 0 spiro atoms. The number of methoxy groups -OCH3 is 1. The molecule has 0 atom stereocenters. The minimum Gasteiger partial charge on any atom is -0.493 e. The van der Waals surface area contributed by atoms with Crippen molar-refractivity contribution in [1.29, 1.82) is 5.41 Å². The van der Waals surface area contributed by atoms with Gasteiger partial charge in [0.25, 0.3) is 0 Å². The average Bonchev–Trinajstić information content (AvgIpc) is 2.37. The van der Waals surface area contributed by atoms with Crippen LogP contribution in [-0.4, -0.2) is 39.4 Å². The van der Waals surface area contributed by atoms with Gasteiger partial charge in [-0.25, -0.2) is 0 Å². The van der Waals surface area contributed by atoms with Gasteiger partial charge >= 0.3 is 0 Å². The highest BCUT2D eigenvalue weighted by molar-refractivity contribution is 6.30. The van der Waals surface area contributed by atoms with Gasteiger partial charge in [0, 0.05) is 25.2 Å². The maximum atomic E-state index is 7.46. The fraction of sp³-hybridized carbons (Fsp3) is 0.462. The smallest absolute Gasteiger partial charge is 0.131 e. The largest absolute Gasteiger partial charge is 0.493 e. The molecule has 19 heavy (non-hydrogen) atoms. The van der Waals surface area contributed by atoms with Crippen LogP contribution >= 0.6 is 11.6 Å². The second kappa shape index (κ2) is 8.74. The first-order valence-electron chi connectivity index (χ1n) is 5.98. The molecule has 0 heterocycles. The maximum Gasteiger partial charge on any atom is 0.131 e. The molecule has 1 aromatic rings. The third kappa shape index (κ3) is 5.92. The predicted molar refractivity (Wildman–Crippen MR) is 75.3 cm³/mol. The molecule has 0 unspecified atom stereocenters. The molecular formula is C13H19ClN2O3. The number of rotatable bonds is 9. The van der Waals surface area contributed by atoms with E-state index in [9.17, 15) is 0 Å². The number of benzene rings is 1. The second-order valence-corrected chi connectivity index (χ2v) is 4.30. The number of hydrogen-bond donors (Lipinski definition) is 2. The van der Waals surface area contributed by atoms with Crippen LogP contribution in [0.1, 0.15) is 12.0 Å². The Bertz CT molecular complexity index is 413. The first-order chi connectivity index (χ1) is 9.15. The third-order valence-electron chi connectivity index (χ3n) is 2.36. The lowest BCUT2D eigenvalue weighted by Gasteiger charge is -2.11. The highest BCUT2D eigenvalue weighted by Crippen LogP contribution is 2.23. The van der Waals surface area contributed by atoms with E-state index in [2.05, 4.69) is 0 Å². The van der Waals surface area contributed by atoms with Crippen LogP contribution in [0.4, 0.5) is 0 Å². The van der Waals surface area contributed by atoms with Gasteiger partial charge < -0.3 is 19.9 Å². The van der Waals surface area contributed by atoms with Crippen LogP contribution in [0.25, 0.3) is 0 Å². The van der Waals surface area contributed by atoms with Crippen LogP contribution in [0.3, 0.4) is 0 Å². The average molecular weight is 287 g/mol. The van der Waals surface area contributed by atoms with Crippen molar-refractivity contribution in [3.63, 3.8) is 0 Å². The molecule has 0 radical (unpaired) electrons. The second-order valence-electron chi connectivity index (χ2n) is 3.86. The predicted octanol–water partition coefficient (Wildman–Crippen LogP) is 2.06. The lowest BCUT2D eigenvalue weighted by molar-refractivity contribution is 0.0644. The molecule has 0 amide bonds. The van der Waals surface area contributed by atoms with Gasteiger partial charge in [-0.05, 0) is 18.2 Å². The van der Waals surface area contributed by atoms with E-state index in [4.69, 9.17) is 37.0 Å². The summed E-state index contributed by atoms with van der Waals surface area (Å²) < 4.78 is 15.7. The van der Waals surface area contributed by atoms with E-state index in [-0.39, 0.29) is 5.84 Å². The van der Waals surface area contributed by atoms with E-state index in [1.165, 1.54) is 0 Å². The number of nitrogens with one attached hydrogen (secondary N) is 1. The van der Waals surface area contributed by atoms with E-state index in [0.717, 1.165) is 6.42 Å². The van der Waals surface area contributed by atoms with Crippen LogP contribution in [0.2, 0.25) is 5.02 Å². The number of amidine groups is 1. The van der Waals surface area contributed by atoms with E-state index in [0.29, 0.717) is 42.8 Å². The molecule has 0 fully saturated rings. The van der Waals surface area contributed by atoms with E-state index in [1.807, 2.05) is 0 Å². The molecule has 0 bridgehead atoms. The molecule has 5 nitrogen and oxygen atoms in total. The molecule has 0 aliphatic carbocycles. The Morgan fingerprint density at radius 1 is 1.26 bits per heavy atom. The van der Waals surface area contributed by atoms with Gasteiger partial charge in [0.2, 0.25) is 0 Å². The molecule has 6 heteroatoms. The quantitative estimate of drug-likeness (QED) is 0.414. The summed E-state index contributed by atoms with van der Waals surface area (Å²) >= 11 is 5.89. The van der Waals surface area contributed by atoms with E-state index >= 15 is 0 Å². The summed E-state index contributed by atoms with van der Waals surface area (Å²) in [6.07, 6.45) is 0.744. The van der Waals surface area contributed by atoms with Gasteiger partial charge in [0.1, 0.15) is 11.6 Å². The van der Waals surface area contributed by atoms with Crippen molar-refractivity contribution in [3.05, 3.63) is 28.8 Å². The molecule has 0 saturated heterocycles. The summed E-state index contributed by atoms with van der Waals surface area (Å²) in [5.41, 5.74) is 6.02. The molecular weight excluding hydrogens is 268 g/mol. The first kappa shape index (κ1) is 15.8. The Balaban J connectivity index is 2.36. The number of hydrogen-bond acceptors (Lipinski definition) is 4. The Labute approximate surface area is 118 Å². The fourth-order valence-electron chi connectivity index (χ4n) is 1.43. The van der Waals surface area contributed by atoms with Gasteiger partial charge in [-0.15, -0.1) is 0 Å². The summed E-state index contributed by atoms with van der Waals surface area (Å²) in [7, 11) is 1.63. The van der Waals surface area contributed by atoms with Gasteiger partial charge in [0.05, 0.1) is 25.4 Å². The SMILES string of the molecule is COCCOCCCOc1cc(Cl)ccc1C(=N)N. The molecule has 1 aromatic carbocycles. The Morgan fingerprint density at radius 2 is 2.05 bits per heavy atom. The van der Waals surface area contributed by atoms with Crippen LogP contribution < -0.4 is 10.5 Å². The summed E-state index contributed by atoms with van der Waals surface area (Å²) in [4.78, 5) is 0. The number of nitrogens with two attached hydrogens (primary N) is 1. The van der Waals surface area contributed by atoms with Gasteiger partial charge in [-0.3, -0.25) is 5.41 Å². The molecule has 3 N–H and O–H groups in total. The van der Waals surface area contributed by atoms with Crippen molar-refractivity contribution >= 4 is 17.4 Å². The monoisotopic (exact) mass is 286 g/mol. The molecule has 0 aromatic heterocycles. The van der Waals surface area contributed by atoms with Crippen LogP contribution in [0, 0.1) is 5.41 Å². The molecule has 106 valence electrons. The fourth-order valence-corrected chi connectivity index (χ4v) is 1.59. The van der Waals surface area contributed by atoms with Crippen molar-refractivity contribution < 1.29 is 14.2 Å². The van der Waals surface area contributed by atoms with Crippen LogP contribution in [0.15, 0.2) is 18.2 Å². The zero-order valence-corrected chi connectivity index (χ0v) is 11.7. The molecule has 0 aliphatic rings. The third-order valence-corrected chi connectivity index (χ3v) is 2.59. The summed E-state index contributed by atoms with van der Waals surface area (Å²) in [5.74, 6) is 0.486. The maximum absolute atomic E-state index is 7.46. The minimum atomic E-state index is -0.0389. The first-order valence-corrected chi connectivity index (χ1v) is 6.36. The topological polar surface area (TPSA) is 77.6 Å². The lowest BCUT2D eigenvalue weighted by Crippen LogP contribution is -2.14. The lowest BCUT2D eigenvalue weighted by atomic mass is 10.2. The standard InChI is InChI=1S/C13H19ClN2O3/c1-17-7-8-18-5-2-6-19-12-9-10(14)3-4-11(12)13(15)16/h3-4,9H,2,5-8H2,1H3,(H3,15,16).